The van der Waals surface area contributed by atoms with Crippen molar-refractivity contribution < 1.29 is 24.0 Å². The van der Waals surface area contributed by atoms with Gasteiger partial charge in [-0.1, -0.05) is 36.4 Å². The lowest BCUT2D eigenvalue weighted by molar-refractivity contribution is -0.132. The van der Waals surface area contributed by atoms with Gasteiger partial charge in [0.05, 0.1) is 17.5 Å². The molecule has 0 radical (unpaired) electrons. The van der Waals surface area contributed by atoms with Gasteiger partial charge in [-0.15, -0.1) is 0 Å². The lowest BCUT2D eigenvalue weighted by atomic mass is 9.76. The molecule has 2 fully saturated rings. The van der Waals surface area contributed by atoms with E-state index in [4.69, 9.17) is 0 Å². The largest absolute Gasteiger partial charge is 0.326 e. The zero-order valence-corrected chi connectivity index (χ0v) is 23.2. The van der Waals surface area contributed by atoms with Gasteiger partial charge in [-0.05, 0) is 55.3 Å². The molecule has 0 aromatic heterocycles. The normalized spacial score (nSPS) is 25.7. The molecule has 4 aliphatic rings. The Balaban J connectivity index is 1.24. The van der Waals surface area contributed by atoms with Gasteiger partial charge in [0.15, 0.2) is 0 Å². The number of hydrogen-bond acceptors (Lipinski definition) is 6. The molecular weight excluding hydrogens is 534 g/mol. The first-order valence-corrected chi connectivity index (χ1v) is 14.1. The average Bonchev–Trinajstić information content (AvgIpc) is 3.68. The van der Waals surface area contributed by atoms with Crippen LogP contribution in [-0.2, 0) is 35.9 Å². The highest BCUT2D eigenvalue weighted by molar-refractivity contribution is 6.26. The van der Waals surface area contributed by atoms with Gasteiger partial charge in [-0.3, -0.25) is 29.3 Å². The number of rotatable bonds is 4. The zero-order chi connectivity index (χ0) is 29.3. The second-order valence-electron chi connectivity index (χ2n) is 11.3. The average molecular weight is 564 g/mol. The summed E-state index contributed by atoms with van der Waals surface area (Å²) in [6.45, 7) is 3.56. The van der Waals surface area contributed by atoms with Crippen molar-refractivity contribution in [3.05, 3.63) is 83.9 Å². The molecule has 10 nitrogen and oxygen atoms in total. The number of carbonyl (C=O) groups excluding carboxylic acids is 5. The van der Waals surface area contributed by atoms with Gasteiger partial charge in [-0.25, -0.2) is 4.90 Å². The van der Waals surface area contributed by atoms with Crippen LogP contribution in [0, 0.1) is 11.8 Å². The molecule has 0 saturated carbocycles. The summed E-state index contributed by atoms with van der Waals surface area (Å²) < 4.78 is 0. The number of fused-ring (bicyclic) bond motifs is 5. The van der Waals surface area contributed by atoms with Crippen LogP contribution in [0.3, 0.4) is 0 Å². The molecule has 4 atom stereocenters. The first-order valence-electron chi connectivity index (χ1n) is 14.1. The molecule has 1 spiro atoms. The van der Waals surface area contributed by atoms with Crippen molar-refractivity contribution in [2.75, 3.05) is 33.1 Å². The van der Waals surface area contributed by atoms with Gasteiger partial charge < -0.3 is 15.1 Å². The van der Waals surface area contributed by atoms with Crippen molar-refractivity contribution in [2.24, 2.45) is 11.8 Å². The van der Waals surface area contributed by atoms with Crippen LogP contribution in [-0.4, -0.2) is 48.7 Å². The van der Waals surface area contributed by atoms with E-state index in [0.29, 0.717) is 29.2 Å². The highest BCUT2D eigenvalue weighted by Gasteiger charge is 2.71. The van der Waals surface area contributed by atoms with Crippen LogP contribution in [0.5, 0.6) is 0 Å². The maximum Gasteiger partial charge on any atom is 0.253 e. The molecular formula is C32H29N5O5. The second-order valence-corrected chi connectivity index (χ2v) is 11.3. The summed E-state index contributed by atoms with van der Waals surface area (Å²) in [6, 6.07) is 20.9. The first-order chi connectivity index (χ1) is 20.2. The Labute approximate surface area is 242 Å². The van der Waals surface area contributed by atoms with Crippen LogP contribution in [0.15, 0.2) is 72.8 Å². The molecule has 2 N–H and O–H groups in total. The quantitative estimate of drug-likeness (QED) is 0.471. The van der Waals surface area contributed by atoms with Crippen LogP contribution in [0.2, 0.25) is 0 Å². The molecule has 4 unspecified atom stereocenters. The number of para-hydroxylation sites is 2. The molecule has 0 bridgehead atoms. The van der Waals surface area contributed by atoms with Gasteiger partial charge in [0.1, 0.15) is 12.1 Å². The molecule has 3 aromatic rings. The fraction of sp³-hybridized carbons (Fsp3) is 0.281. The smallest absolute Gasteiger partial charge is 0.253 e. The number of nitrogens with zero attached hydrogens (tertiary/aromatic N) is 3. The first kappa shape index (κ1) is 26.1. The molecule has 0 aliphatic carbocycles. The van der Waals surface area contributed by atoms with Crippen LogP contribution in [0.25, 0.3) is 0 Å². The Morgan fingerprint density at radius 3 is 2.36 bits per heavy atom. The molecule has 2 saturated heterocycles. The summed E-state index contributed by atoms with van der Waals surface area (Å²) in [5.74, 6) is -3.48. The summed E-state index contributed by atoms with van der Waals surface area (Å²) >= 11 is 0. The van der Waals surface area contributed by atoms with E-state index in [2.05, 4.69) is 10.6 Å². The zero-order valence-electron chi connectivity index (χ0n) is 23.2. The van der Waals surface area contributed by atoms with Crippen molar-refractivity contribution >= 4 is 52.3 Å². The van der Waals surface area contributed by atoms with Gasteiger partial charge in [0.2, 0.25) is 23.6 Å². The van der Waals surface area contributed by atoms with E-state index in [1.54, 1.807) is 53.4 Å². The van der Waals surface area contributed by atoms with Crippen molar-refractivity contribution in [3.63, 3.8) is 0 Å². The lowest BCUT2D eigenvalue weighted by Gasteiger charge is -2.30. The Kier molecular flexibility index (Phi) is 5.81. The van der Waals surface area contributed by atoms with E-state index in [1.807, 2.05) is 31.2 Å². The summed E-state index contributed by atoms with van der Waals surface area (Å²) in [5, 5.41) is 6.03. The molecule has 4 heterocycles. The highest BCUT2D eigenvalue weighted by atomic mass is 16.2. The number of amides is 5. The summed E-state index contributed by atoms with van der Waals surface area (Å²) in [6.07, 6.45) is 0.747. The van der Waals surface area contributed by atoms with Gasteiger partial charge in [-0.2, -0.15) is 0 Å². The molecule has 5 amide bonds. The second kappa shape index (κ2) is 9.35. The number of nitrogens with one attached hydrogen (secondary N) is 2. The molecule has 42 heavy (non-hydrogen) atoms. The highest BCUT2D eigenvalue weighted by Crippen LogP contribution is 2.55. The predicted molar refractivity (Wildman–Crippen MR) is 156 cm³/mol. The molecule has 7 rings (SSSR count). The SMILES string of the molecule is CC(=O)Nc1ccc(N2C(=O)C3C(C)NC4(C(=O)N(CC(=O)N5CCc6ccccc65)c5ccccc54)C3C2=O)cc1. The minimum atomic E-state index is -1.48. The molecule has 10 heteroatoms. The Morgan fingerprint density at radius 2 is 1.62 bits per heavy atom. The van der Waals surface area contributed by atoms with E-state index >= 15 is 0 Å². The van der Waals surface area contributed by atoms with Gasteiger partial charge >= 0.3 is 0 Å². The van der Waals surface area contributed by atoms with E-state index < -0.39 is 35.2 Å². The van der Waals surface area contributed by atoms with Crippen LogP contribution < -0.4 is 25.3 Å². The van der Waals surface area contributed by atoms with E-state index in [-0.39, 0.29) is 24.3 Å². The van der Waals surface area contributed by atoms with Crippen molar-refractivity contribution in [2.45, 2.75) is 31.8 Å². The Morgan fingerprint density at radius 1 is 0.929 bits per heavy atom. The number of hydrogen-bond donors (Lipinski definition) is 2. The third-order valence-corrected chi connectivity index (χ3v) is 8.94. The predicted octanol–water partition coefficient (Wildman–Crippen LogP) is 2.57. The van der Waals surface area contributed by atoms with Crippen LogP contribution in [0.1, 0.15) is 25.0 Å². The monoisotopic (exact) mass is 563 g/mol. The topological polar surface area (TPSA) is 119 Å². The standard InChI is InChI=1S/C32H29N5O5/c1-18-27-28(30(41)37(29(27)40)22-13-11-21(12-14-22)33-19(2)38)32(34-18)23-8-4-6-10-25(23)36(31(32)42)17-26(39)35-16-15-20-7-3-5-9-24(20)35/h3-14,18,27-28,34H,15-17H2,1-2H3,(H,33,38). The van der Waals surface area contributed by atoms with Gasteiger partial charge in [0.25, 0.3) is 5.91 Å². The van der Waals surface area contributed by atoms with Crippen LogP contribution in [0.4, 0.5) is 22.7 Å². The summed E-state index contributed by atoms with van der Waals surface area (Å²) in [5.41, 5.74) is 2.51. The third kappa shape index (κ3) is 3.58. The molecule has 212 valence electrons. The number of benzene rings is 3. The Hall–Kier alpha value is -4.83. The molecule has 3 aromatic carbocycles. The third-order valence-electron chi connectivity index (χ3n) is 8.94. The maximum atomic E-state index is 14.5. The number of anilines is 4. The number of carbonyl (C=O) groups is 5. The van der Waals surface area contributed by atoms with E-state index in [1.165, 1.54) is 11.8 Å². The summed E-state index contributed by atoms with van der Waals surface area (Å²) in [7, 11) is 0. The number of imide groups is 1. The molecule has 4 aliphatic heterocycles. The summed E-state index contributed by atoms with van der Waals surface area (Å²) in [4.78, 5) is 71.8. The van der Waals surface area contributed by atoms with Crippen molar-refractivity contribution in [1.29, 1.82) is 0 Å². The van der Waals surface area contributed by atoms with E-state index in [0.717, 1.165) is 22.6 Å². The maximum absolute atomic E-state index is 14.5. The minimum Gasteiger partial charge on any atom is -0.326 e. The van der Waals surface area contributed by atoms with Gasteiger partial charge in [0, 0.05) is 42.1 Å². The fourth-order valence-electron chi connectivity index (χ4n) is 7.24. The fourth-order valence-corrected chi connectivity index (χ4v) is 7.24. The Bertz CT molecular complexity index is 1690. The van der Waals surface area contributed by atoms with Crippen molar-refractivity contribution in [1.82, 2.24) is 5.32 Å². The van der Waals surface area contributed by atoms with Crippen molar-refractivity contribution in [3.8, 4) is 0 Å². The van der Waals surface area contributed by atoms with E-state index in [9.17, 15) is 24.0 Å². The minimum absolute atomic E-state index is 0.185. The van der Waals surface area contributed by atoms with Crippen LogP contribution >= 0.6 is 0 Å². The lowest BCUT2D eigenvalue weighted by Crippen LogP contribution is -2.56.